The molecule has 0 fully saturated rings. The van der Waals surface area contributed by atoms with Gasteiger partial charge in [-0.2, -0.15) is 5.10 Å². The Balaban J connectivity index is 2.01. The number of rotatable bonds is 5. The van der Waals surface area contributed by atoms with E-state index in [1.165, 1.54) is 12.3 Å². The fraction of sp³-hybridized carbons (Fsp3) is 0.0667. The molecule has 0 bridgehead atoms. The number of halogens is 2. The Morgan fingerprint density at radius 1 is 1.27 bits per heavy atom. The SMILES string of the molecule is NC(=O)NN=Cc1cccc(COc2ccc(F)cc2F)c1. The van der Waals surface area contributed by atoms with E-state index in [1.807, 2.05) is 0 Å². The second-order valence-corrected chi connectivity index (χ2v) is 4.34. The molecule has 0 heterocycles. The first-order chi connectivity index (χ1) is 10.5. The fourth-order valence-corrected chi connectivity index (χ4v) is 1.69. The number of hydrogen-bond acceptors (Lipinski definition) is 3. The average molecular weight is 305 g/mol. The van der Waals surface area contributed by atoms with Crippen LogP contribution in [0.2, 0.25) is 0 Å². The standard InChI is InChI=1S/C15H13F2N3O2/c16-12-4-5-14(13(17)7-12)22-9-11-3-1-2-10(6-11)8-19-20-15(18)21/h1-8H,9H2,(H3,18,20,21). The van der Waals surface area contributed by atoms with Crippen LogP contribution in [0.5, 0.6) is 5.75 Å². The fourth-order valence-electron chi connectivity index (χ4n) is 1.69. The lowest BCUT2D eigenvalue weighted by molar-refractivity contribution is 0.249. The third kappa shape index (κ3) is 4.55. The van der Waals surface area contributed by atoms with Gasteiger partial charge in [0.25, 0.3) is 0 Å². The van der Waals surface area contributed by atoms with Crippen LogP contribution in [-0.4, -0.2) is 12.2 Å². The molecule has 2 rings (SSSR count). The molecule has 5 nitrogen and oxygen atoms in total. The zero-order valence-corrected chi connectivity index (χ0v) is 11.4. The normalized spacial score (nSPS) is 10.6. The quantitative estimate of drug-likeness (QED) is 0.658. The van der Waals surface area contributed by atoms with Crippen molar-refractivity contribution in [2.24, 2.45) is 10.8 Å². The Morgan fingerprint density at radius 3 is 2.82 bits per heavy atom. The average Bonchev–Trinajstić information content (AvgIpc) is 2.46. The lowest BCUT2D eigenvalue weighted by atomic mass is 10.1. The van der Waals surface area contributed by atoms with Crippen LogP contribution in [0.1, 0.15) is 11.1 Å². The summed E-state index contributed by atoms with van der Waals surface area (Å²) in [6.45, 7) is 0.105. The van der Waals surface area contributed by atoms with Gasteiger partial charge in [0, 0.05) is 6.07 Å². The van der Waals surface area contributed by atoms with Crippen LogP contribution in [0.25, 0.3) is 0 Å². The van der Waals surface area contributed by atoms with E-state index >= 15 is 0 Å². The monoisotopic (exact) mass is 305 g/mol. The maximum Gasteiger partial charge on any atom is 0.332 e. The molecule has 0 radical (unpaired) electrons. The summed E-state index contributed by atoms with van der Waals surface area (Å²) in [6.07, 6.45) is 1.41. The smallest absolute Gasteiger partial charge is 0.332 e. The molecule has 0 saturated heterocycles. The van der Waals surface area contributed by atoms with Crippen molar-refractivity contribution in [2.75, 3.05) is 0 Å². The number of carbonyl (C=O) groups is 1. The van der Waals surface area contributed by atoms with Crippen LogP contribution < -0.4 is 15.9 Å². The van der Waals surface area contributed by atoms with E-state index in [0.29, 0.717) is 5.56 Å². The summed E-state index contributed by atoms with van der Waals surface area (Å²) in [5.74, 6) is -1.45. The van der Waals surface area contributed by atoms with E-state index in [4.69, 9.17) is 10.5 Å². The van der Waals surface area contributed by atoms with Gasteiger partial charge >= 0.3 is 6.03 Å². The molecule has 3 N–H and O–H groups in total. The largest absolute Gasteiger partial charge is 0.486 e. The van der Waals surface area contributed by atoms with Crippen molar-refractivity contribution in [1.82, 2.24) is 5.43 Å². The van der Waals surface area contributed by atoms with Gasteiger partial charge in [0.15, 0.2) is 11.6 Å². The predicted octanol–water partition coefficient (Wildman–Crippen LogP) is 2.55. The number of hydrogen-bond donors (Lipinski definition) is 2. The highest BCUT2D eigenvalue weighted by atomic mass is 19.1. The number of primary amides is 1. The molecule has 0 aliphatic rings. The highest BCUT2D eigenvalue weighted by Crippen LogP contribution is 2.19. The van der Waals surface area contributed by atoms with Crippen LogP contribution in [0.4, 0.5) is 13.6 Å². The second-order valence-electron chi connectivity index (χ2n) is 4.34. The van der Waals surface area contributed by atoms with Gasteiger partial charge in [0.2, 0.25) is 0 Å². The maximum absolute atomic E-state index is 13.4. The maximum atomic E-state index is 13.4. The molecule has 0 aliphatic heterocycles. The second kappa shape index (κ2) is 7.16. The summed E-state index contributed by atoms with van der Waals surface area (Å²) >= 11 is 0. The summed E-state index contributed by atoms with van der Waals surface area (Å²) in [5, 5.41) is 3.63. The van der Waals surface area contributed by atoms with Gasteiger partial charge in [0.1, 0.15) is 12.4 Å². The van der Waals surface area contributed by atoms with E-state index in [9.17, 15) is 13.6 Å². The molecular weight excluding hydrogens is 292 g/mol. The third-order valence-electron chi connectivity index (χ3n) is 2.63. The predicted molar refractivity (Wildman–Crippen MR) is 77.4 cm³/mol. The van der Waals surface area contributed by atoms with Gasteiger partial charge < -0.3 is 10.5 Å². The van der Waals surface area contributed by atoms with Crippen LogP contribution >= 0.6 is 0 Å². The lowest BCUT2D eigenvalue weighted by Gasteiger charge is -2.07. The number of nitrogens with zero attached hydrogens (tertiary/aromatic N) is 1. The van der Waals surface area contributed by atoms with Crippen LogP contribution in [0, 0.1) is 11.6 Å². The number of amides is 2. The molecule has 0 spiro atoms. The minimum atomic E-state index is -0.762. The van der Waals surface area contributed by atoms with Gasteiger partial charge in [-0.05, 0) is 29.3 Å². The van der Waals surface area contributed by atoms with E-state index in [2.05, 4.69) is 10.5 Å². The molecule has 0 atom stereocenters. The number of benzene rings is 2. The minimum absolute atomic E-state index is 0.0316. The summed E-state index contributed by atoms with van der Waals surface area (Å²) < 4.78 is 31.5. The number of ether oxygens (including phenoxy) is 1. The topological polar surface area (TPSA) is 76.7 Å². The molecule has 2 aromatic carbocycles. The Bertz CT molecular complexity index is 705. The van der Waals surface area contributed by atoms with Crippen molar-refractivity contribution in [3.05, 3.63) is 65.2 Å². The Kier molecular flexibility index (Phi) is 5.02. The summed E-state index contributed by atoms with van der Waals surface area (Å²) in [7, 11) is 0. The minimum Gasteiger partial charge on any atom is -0.486 e. The van der Waals surface area contributed by atoms with Gasteiger partial charge in [-0.1, -0.05) is 18.2 Å². The van der Waals surface area contributed by atoms with Gasteiger partial charge in [0.05, 0.1) is 6.21 Å². The summed E-state index contributed by atoms with van der Waals surface area (Å²) in [6, 6.07) is 9.38. The highest BCUT2D eigenvalue weighted by molar-refractivity contribution is 5.81. The molecular formula is C15H13F2N3O2. The number of carbonyl (C=O) groups excluding carboxylic acids is 1. The Labute approximate surface area is 125 Å². The molecule has 7 heteroatoms. The Hall–Kier alpha value is -2.96. The first kappa shape index (κ1) is 15.4. The van der Waals surface area contributed by atoms with Gasteiger partial charge in [-0.25, -0.2) is 19.0 Å². The number of nitrogens with one attached hydrogen (secondary N) is 1. The first-order valence-electron chi connectivity index (χ1n) is 6.30. The zero-order chi connectivity index (χ0) is 15.9. The number of nitrogens with two attached hydrogens (primary N) is 1. The van der Waals surface area contributed by atoms with E-state index in [0.717, 1.165) is 17.7 Å². The zero-order valence-electron chi connectivity index (χ0n) is 11.4. The van der Waals surface area contributed by atoms with Crippen molar-refractivity contribution in [3.63, 3.8) is 0 Å². The molecule has 0 aliphatic carbocycles. The van der Waals surface area contributed by atoms with Crippen LogP contribution in [0.15, 0.2) is 47.6 Å². The Morgan fingerprint density at radius 2 is 2.09 bits per heavy atom. The summed E-state index contributed by atoms with van der Waals surface area (Å²) in [5.41, 5.74) is 8.41. The summed E-state index contributed by atoms with van der Waals surface area (Å²) in [4.78, 5) is 10.5. The van der Waals surface area contributed by atoms with E-state index in [1.54, 1.807) is 24.3 Å². The van der Waals surface area contributed by atoms with Gasteiger partial charge in [-0.3, -0.25) is 0 Å². The lowest BCUT2D eigenvalue weighted by Crippen LogP contribution is -2.24. The van der Waals surface area contributed by atoms with Crippen molar-refractivity contribution >= 4 is 12.2 Å². The third-order valence-corrected chi connectivity index (χ3v) is 2.63. The number of hydrazone groups is 1. The molecule has 114 valence electrons. The molecule has 2 aromatic rings. The van der Waals surface area contributed by atoms with Crippen molar-refractivity contribution in [2.45, 2.75) is 6.61 Å². The van der Waals surface area contributed by atoms with Gasteiger partial charge in [-0.15, -0.1) is 0 Å². The first-order valence-corrected chi connectivity index (χ1v) is 6.30. The van der Waals surface area contributed by atoms with Crippen molar-refractivity contribution in [1.29, 1.82) is 0 Å². The van der Waals surface area contributed by atoms with Crippen molar-refractivity contribution < 1.29 is 18.3 Å². The number of urea groups is 1. The molecule has 2 amide bonds. The van der Waals surface area contributed by atoms with E-state index < -0.39 is 17.7 Å². The van der Waals surface area contributed by atoms with Crippen LogP contribution in [0.3, 0.4) is 0 Å². The molecule has 22 heavy (non-hydrogen) atoms. The molecule has 0 unspecified atom stereocenters. The highest BCUT2D eigenvalue weighted by Gasteiger charge is 2.05. The van der Waals surface area contributed by atoms with Crippen LogP contribution in [-0.2, 0) is 6.61 Å². The van der Waals surface area contributed by atoms with Crippen molar-refractivity contribution in [3.8, 4) is 5.75 Å². The molecule has 0 aromatic heterocycles. The molecule has 0 saturated carbocycles. The van der Waals surface area contributed by atoms with E-state index in [-0.39, 0.29) is 12.4 Å².